The van der Waals surface area contributed by atoms with E-state index < -0.39 is 5.82 Å². The Morgan fingerprint density at radius 3 is 2.79 bits per heavy atom. The van der Waals surface area contributed by atoms with Crippen LogP contribution >= 0.6 is 0 Å². The zero-order valence-electron chi connectivity index (χ0n) is 11.2. The molecule has 0 atom stereocenters. The van der Waals surface area contributed by atoms with Crippen LogP contribution in [-0.2, 0) is 4.79 Å². The van der Waals surface area contributed by atoms with E-state index >= 15 is 0 Å². The summed E-state index contributed by atoms with van der Waals surface area (Å²) in [5.41, 5.74) is 0.724. The van der Waals surface area contributed by atoms with Crippen LogP contribution in [0.5, 0.6) is 5.75 Å². The lowest BCUT2D eigenvalue weighted by Gasteiger charge is -2.16. The van der Waals surface area contributed by atoms with Crippen LogP contribution in [0.2, 0.25) is 0 Å². The van der Waals surface area contributed by atoms with Crippen molar-refractivity contribution in [2.75, 3.05) is 20.2 Å². The van der Waals surface area contributed by atoms with E-state index in [2.05, 4.69) is 5.16 Å². The molecule has 1 amide bonds. The van der Waals surface area contributed by atoms with E-state index in [1.54, 1.807) is 14.0 Å². The van der Waals surface area contributed by atoms with E-state index in [9.17, 15) is 9.18 Å². The van der Waals surface area contributed by atoms with Gasteiger partial charge in [0.25, 0.3) is 5.91 Å². The SMILES string of the molecule is CCN(C)C(=O)COc1cc(F)ccc1C(C)=NO. The summed E-state index contributed by atoms with van der Waals surface area (Å²) < 4.78 is 18.5. The van der Waals surface area contributed by atoms with Crippen LogP contribution in [0.3, 0.4) is 0 Å². The molecule has 6 heteroatoms. The van der Waals surface area contributed by atoms with Crippen molar-refractivity contribution < 1.29 is 19.1 Å². The van der Waals surface area contributed by atoms with Crippen molar-refractivity contribution in [3.63, 3.8) is 0 Å². The molecule has 19 heavy (non-hydrogen) atoms. The third kappa shape index (κ3) is 3.94. The number of oxime groups is 1. The molecule has 0 aliphatic rings. The molecule has 0 aliphatic heterocycles. The number of amides is 1. The Bertz CT molecular complexity index is 489. The average molecular weight is 268 g/mol. The van der Waals surface area contributed by atoms with Crippen molar-refractivity contribution in [2.45, 2.75) is 13.8 Å². The Labute approximate surface area is 111 Å². The summed E-state index contributed by atoms with van der Waals surface area (Å²) in [5, 5.41) is 11.8. The highest BCUT2D eigenvalue weighted by molar-refractivity contribution is 6.00. The van der Waals surface area contributed by atoms with E-state index in [-0.39, 0.29) is 24.0 Å². The maximum atomic E-state index is 13.2. The lowest BCUT2D eigenvalue weighted by atomic mass is 10.1. The molecule has 0 heterocycles. The fourth-order valence-electron chi connectivity index (χ4n) is 1.39. The van der Waals surface area contributed by atoms with Crippen molar-refractivity contribution in [1.29, 1.82) is 0 Å². The van der Waals surface area contributed by atoms with Crippen LogP contribution in [-0.4, -0.2) is 41.9 Å². The van der Waals surface area contributed by atoms with Gasteiger partial charge in [0.2, 0.25) is 0 Å². The molecule has 1 aromatic rings. The van der Waals surface area contributed by atoms with Gasteiger partial charge in [-0.3, -0.25) is 4.79 Å². The molecule has 104 valence electrons. The minimum Gasteiger partial charge on any atom is -0.483 e. The number of nitrogens with zero attached hydrogens (tertiary/aromatic N) is 2. The molecule has 1 aromatic carbocycles. The molecule has 0 fully saturated rings. The Balaban J connectivity index is 2.88. The van der Waals surface area contributed by atoms with Crippen LogP contribution < -0.4 is 4.74 Å². The molecule has 1 N–H and O–H groups in total. The molecule has 0 bridgehead atoms. The van der Waals surface area contributed by atoms with Gasteiger partial charge >= 0.3 is 0 Å². The predicted molar refractivity (Wildman–Crippen MR) is 69.2 cm³/mol. The van der Waals surface area contributed by atoms with Crippen molar-refractivity contribution >= 4 is 11.6 Å². The summed E-state index contributed by atoms with van der Waals surface area (Å²) in [6, 6.07) is 3.83. The number of halogens is 1. The lowest BCUT2D eigenvalue weighted by Crippen LogP contribution is -2.31. The van der Waals surface area contributed by atoms with Gasteiger partial charge in [-0.25, -0.2) is 4.39 Å². The van der Waals surface area contributed by atoms with Crippen LogP contribution in [0.4, 0.5) is 4.39 Å². The van der Waals surface area contributed by atoms with E-state index in [0.29, 0.717) is 12.1 Å². The number of ether oxygens (including phenoxy) is 1. The zero-order chi connectivity index (χ0) is 14.4. The zero-order valence-corrected chi connectivity index (χ0v) is 11.2. The predicted octanol–water partition coefficient (Wildman–Crippen LogP) is 1.88. The minimum absolute atomic E-state index is 0.174. The Kier molecular flexibility index (Phi) is 5.29. The normalized spacial score (nSPS) is 11.3. The highest BCUT2D eigenvalue weighted by atomic mass is 19.1. The second kappa shape index (κ2) is 6.72. The summed E-state index contributed by atoms with van der Waals surface area (Å²) in [4.78, 5) is 13.1. The van der Waals surface area contributed by atoms with Gasteiger partial charge < -0.3 is 14.8 Å². The molecule has 0 aromatic heterocycles. The number of carbonyl (C=O) groups excluding carboxylic acids is 1. The van der Waals surface area contributed by atoms with Crippen LogP contribution in [0.1, 0.15) is 19.4 Å². The number of benzene rings is 1. The first-order chi connectivity index (χ1) is 8.99. The van der Waals surface area contributed by atoms with E-state index in [4.69, 9.17) is 9.94 Å². The summed E-state index contributed by atoms with van der Waals surface area (Å²) >= 11 is 0. The average Bonchev–Trinajstić information content (AvgIpc) is 2.43. The van der Waals surface area contributed by atoms with Gasteiger partial charge in [-0.1, -0.05) is 5.16 Å². The van der Waals surface area contributed by atoms with Crippen molar-refractivity contribution in [3.8, 4) is 5.75 Å². The maximum Gasteiger partial charge on any atom is 0.260 e. The van der Waals surface area contributed by atoms with E-state index in [1.165, 1.54) is 17.0 Å². The molecule has 0 saturated carbocycles. The highest BCUT2D eigenvalue weighted by Gasteiger charge is 2.12. The third-order valence-corrected chi connectivity index (χ3v) is 2.73. The molecule has 0 saturated heterocycles. The van der Waals surface area contributed by atoms with Gasteiger partial charge in [0.1, 0.15) is 11.6 Å². The van der Waals surface area contributed by atoms with E-state index in [1.807, 2.05) is 6.92 Å². The molecule has 0 aliphatic carbocycles. The summed E-state index contributed by atoms with van der Waals surface area (Å²) in [6.07, 6.45) is 0. The molecule has 5 nitrogen and oxygen atoms in total. The summed E-state index contributed by atoms with van der Waals surface area (Å²) in [5.74, 6) is -0.523. The first-order valence-corrected chi connectivity index (χ1v) is 5.85. The quantitative estimate of drug-likeness (QED) is 0.504. The molecular weight excluding hydrogens is 251 g/mol. The fraction of sp³-hybridized carbons (Fsp3) is 0.385. The molecule has 1 rings (SSSR count). The van der Waals surface area contributed by atoms with Crippen LogP contribution in [0.25, 0.3) is 0 Å². The van der Waals surface area contributed by atoms with Crippen molar-refractivity contribution in [1.82, 2.24) is 4.90 Å². The third-order valence-electron chi connectivity index (χ3n) is 2.73. The standard InChI is InChI=1S/C13H17FN2O3/c1-4-16(3)13(17)8-19-12-7-10(14)5-6-11(12)9(2)15-18/h5-7,18H,4,8H2,1-3H3. The minimum atomic E-state index is -0.485. The maximum absolute atomic E-state index is 13.2. The number of carbonyl (C=O) groups is 1. The van der Waals surface area contributed by atoms with Gasteiger partial charge in [-0.05, 0) is 26.0 Å². The largest absolute Gasteiger partial charge is 0.483 e. The number of likely N-dealkylation sites (N-methyl/N-ethyl adjacent to an activating group) is 1. The Morgan fingerprint density at radius 1 is 1.53 bits per heavy atom. The van der Waals surface area contributed by atoms with Crippen LogP contribution in [0.15, 0.2) is 23.4 Å². The molecular formula is C13H17FN2O3. The van der Waals surface area contributed by atoms with Gasteiger partial charge in [-0.2, -0.15) is 0 Å². The molecule has 0 spiro atoms. The van der Waals surface area contributed by atoms with Gasteiger partial charge in [-0.15, -0.1) is 0 Å². The van der Waals surface area contributed by atoms with Gasteiger partial charge in [0.05, 0.1) is 5.71 Å². The number of rotatable bonds is 5. The summed E-state index contributed by atoms with van der Waals surface area (Å²) in [7, 11) is 1.65. The monoisotopic (exact) mass is 268 g/mol. The van der Waals surface area contributed by atoms with Gasteiger partial charge in [0, 0.05) is 25.2 Å². The number of hydrogen-bond donors (Lipinski definition) is 1. The number of hydrogen-bond acceptors (Lipinski definition) is 4. The van der Waals surface area contributed by atoms with Gasteiger partial charge in [0.15, 0.2) is 6.61 Å². The second-order valence-electron chi connectivity index (χ2n) is 4.02. The fourth-order valence-corrected chi connectivity index (χ4v) is 1.39. The first-order valence-electron chi connectivity index (χ1n) is 5.85. The highest BCUT2D eigenvalue weighted by Crippen LogP contribution is 2.21. The van der Waals surface area contributed by atoms with Crippen molar-refractivity contribution in [2.24, 2.45) is 5.16 Å². The lowest BCUT2D eigenvalue weighted by molar-refractivity contribution is -0.131. The molecule has 0 unspecified atom stereocenters. The summed E-state index contributed by atoms with van der Waals surface area (Å²) in [6.45, 7) is 3.77. The van der Waals surface area contributed by atoms with Crippen molar-refractivity contribution in [3.05, 3.63) is 29.6 Å². The Hall–Kier alpha value is -2.11. The first kappa shape index (κ1) is 14.9. The smallest absolute Gasteiger partial charge is 0.260 e. The molecule has 0 radical (unpaired) electrons. The van der Waals surface area contributed by atoms with E-state index in [0.717, 1.165) is 6.07 Å². The topological polar surface area (TPSA) is 62.1 Å². The van der Waals surface area contributed by atoms with Crippen LogP contribution in [0, 0.1) is 5.82 Å². The Morgan fingerprint density at radius 2 is 2.21 bits per heavy atom. The second-order valence-corrected chi connectivity index (χ2v) is 4.02.